The van der Waals surface area contributed by atoms with Crippen molar-refractivity contribution in [3.63, 3.8) is 0 Å². The summed E-state index contributed by atoms with van der Waals surface area (Å²) >= 11 is 0. The summed E-state index contributed by atoms with van der Waals surface area (Å²) in [5.74, 6) is 0. The fraction of sp³-hybridized carbons (Fsp3) is 1.00. The number of ether oxygens (including phenoxy) is 2. The molecule has 0 saturated carbocycles. The molecule has 2 aliphatic heterocycles. The van der Waals surface area contributed by atoms with Gasteiger partial charge in [-0.3, -0.25) is 0 Å². The Labute approximate surface area is 104 Å². The molecule has 2 fully saturated rings. The first kappa shape index (κ1) is 13.2. The highest BCUT2D eigenvalue weighted by Crippen LogP contribution is 2.05. The monoisotopic (exact) mass is 244 g/mol. The molecule has 100 valence electrons. The van der Waals surface area contributed by atoms with Gasteiger partial charge >= 0.3 is 0 Å². The molecule has 0 amide bonds. The molecule has 2 heterocycles. The minimum absolute atomic E-state index is 0.839. The van der Waals surface area contributed by atoms with E-state index < -0.39 is 0 Å². The Hall–Kier alpha value is -0.240. The lowest BCUT2D eigenvalue weighted by atomic mass is 10.5. The Bertz CT molecular complexity index is 196. The van der Waals surface area contributed by atoms with Gasteiger partial charge in [-0.05, 0) is 0 Å². The van der Waals surface area contributed by atoms with Gasteiger partial charge in [0.25, 0.3) is 0 Å². The number of rotatable bonds is 4. The topological polar surface area (TPSA) is 31.4 Å². The molecule has 0 aromatic carbocycles. The summed E-state index contributed by atoms with van der Waals surface area (Å²) in [7, 11) is 4.28. The minimum Gasteiger partial charge on any atom is -0.379 e. The van der Waals surface area contributed by atoms with Crippen molar-refractivity contribution in [3.8, 4) is 0 Å². The standard InChI is InChI=1S/C11H24N4O2/c1-12(14-3-7-16-8-4-14)11-13(2)15-5-9-17-10-6-15/h3-11H2,1-2H3. The Morgan fingerprint density at radius 3 is 1.47 bits per heavy atom. The van der Waals surface area contributed by atoms with Gasteiger partial charge in [0.05, 0.1) is 33.1 Å². The van der Waals surface area contributed by atoms with Crippen molar-refractivity contribution in [2.45, 2.75) is 0 Å². The van der Waals surface area contributed by atoms with E-state index in [1.165, 1.54) is 0 Å². The fourth-order valence-corrected chi connectivity index (χ4v) is 2.27. The Morgan fingerprint density at radius 2 is 1.12 bits per heavy atom. The normalized spacial score (nSPS) is 24.7. The van der Waals surface area contributed by atoms with E-state index in [1.54, 1.807) is 0 Å². The SMILES string of the molecule is CN(CN(C)N1CCOCC1)N1CCOCC1. The lowest BCUT2D eigenvalue weighted by molar-refractivity contribution is -0.149. The largest absolute Gasteiger partial charge is 0.379 e. The maximum atomic E-state index is 5.36. The molecule has 0 aromatic heterocycles. The maximum Gasteiger partial charge on any atom is 0.0780 e. The van der Waals surface area contributed by atoms with E-state index in [4.69, 9.17) is 9.47 Å². The molecule has 0 aromatic rings. The van der Waals surface area contributed by atoms with Crippen LogP contribution in [0.2, 0.25) is 0 Å². The highest BCUT2D eigenvalue weighted by atomic mass is 16.5. The molecule has 0 radical (unpaired) electrons. The van der Waals surface area contributed by atoms with Crippen LogP contribution in [-0.2, 0) is 9.47 Å². The second-order valence-corrected chi connectivity index (χ2v) is 4.59. The highest BCUT2D eigenvalue weighted by Gasteiger charge is 2.20. The van der Waals surface area contributed by atoms with Gasteiger partial charge in [-0.25, -0.2) is 20.0 Å². The molecule has 0 bridgehead atoms. The van der Waals surface area contributed by atoms with Gasteiger partial charge < -0.3 is 9.47 Å². The van der Waals surface area contributed by atoms with Gasteiger partial charge in [-0.15, -0.1) is 0 Å². The molecule has 2 rings (SSSR count). The van der Waals surface area contributed by atoms with Gasteiger partial charge in [0.1, 0.15) is 0 Å². The quantitative estimate of drug-likeness (QED) is 0.608. The van der Waals surface area contributed by atoms with Crippen molar-refractivity contribution in [1.29, 1.82) is 0 Å². The second kappa shape index (κ2) is 6.63. The summed E-state index contributed by atoms with van der Waals surface area (Å²) in [5, 5.41) is 9.25. The van der Waals surface area contributed by atoms with Crippen molar-refractivity contribution in [2.24, 2.45) is 0 Å². The van der Waals surface area contributed by atoms with Crippen LogP contribution >= 0.6 is 0 Å². The summed E-state index contributed by atoms with van der Waals surface area (Å²) in [6, 6.07) is 0. The van der Waals surface area contributed by atoms with E-state index in [0.717, 1.165) is 59.3 Å². The fourth-order valence-electron chi connectivity index (χ4n) is 2.27. The van der Waals surface area contributed by atoms with Crippen LogP contribution in [0.3, 0.4) is 0 Å². The van der Waals surface area contributed by atoms with Crippen molar-refractivity contribution in [3.05, 3.63) is 0 Å². The smallest absolute Gasteiger partial charge is 0.0780 e. The molecule has 0 aliphatic carbocycles. The summed E-state index contributed by atoms with van der Waals surface area (Å²) in [6.07, 6.45) is 0. The van der Waals surface area contributed by atoms with Crippen LogP contribution in [-0.4, -0.2) is 93.4 Å². The van der Waals surface area contributed by atoms with E-state index in [9.17, 15) is 0 Å². The highest BCUT2D eigenvalue weighted by molar-refractivity contribution is 4.61. The minimum atomic E-state index is 0.839. The molecule has 2 saturated heterocycles. The van der Waals surface area contributed by atoms with Gasteiger partial charge in [-0.1, -0.05) is 0 Å². The zero-order valence-electron chi connectivity index (χ0n) is 11.0. The van der Waals surface area contributed by atoms with Crippen molar-refractivity contribution in [2.75, 3.05) is 73.4 Å². The first-order valence-corrected chi connectivity index (χ1v) is 6.35. The van der Waals surface area contributed by atoms with Gasteiger partial charge in [0.15, 0.2) is 0 Å². The third-order valence-corrected chi connectivity index (χ3v) is 3.35. The molecule has 2 aliphatic rings. The van der Waals surface area contributed by atoms with Crippen LogP contribution in [0.1, 0.15) is 0 Å². The van der Waals surface area contributed by atoms with Crippen molar-refractivity contribution >= 4 is 0 Å². The zero-order chi connectivity index (χ0) is 12.1. The van der Waals surface area contributed by atoms with Crippen LogP contribution in [0, 0.1) is 0 Å². The predicted molar refractivity (Wildman–Crippen MR) is 65.2 cm³/mol. The van der Waals surface area contributed by atoms with Crippen LogP contribution in [0.4, 0.5) is 0 Å². The lowest BCUT2D eigenvalue weighted by Gasteiger charge is -2.41. The van der Waals surface area contributed by atoms with Crippen LogP contribution in [0.25, 0.3) is 0 Å². The summed E-state index contributed by atoms with van der Waals surface area (Å²) in [6.45, 7) is 8.25. The average molecular weight is 244 g/mol. The third-order valence-electron chi connectivity index (χ3n) is 3.35. The molecular formula is C11H24N4O2. The molecule has 6 heteroatoms. The van der Waals surface area contributed by atoms with Crippen LogP contribution in [0.15, 0.2) is 0 Å². The van der Waals surface area contributed by atoms with E-state index >= 15 is 0 Å². The van der Waals surface area contributed by atoms with E-state index in [1.807, 2.05) is 0 Å². The number of hydrazine groups is 2. The van der Waals surface area contributed by atoms with Crippen LogP contribution in [0.5, 0.6) is 0 Å². The average Bonchev–Trinajstić information content (AvgIpc) is 2.40. The van der Waals surface area contributed by atoms with Crippen LogP contribution < -0.4 is 0 Å². The summed E-state index contributed by atoms with van der Waals surface area (Å²) in [5.41, 5.74) is 0. The zero-order valence-corrected chi connectivity index (χ0v) is 11.0. The maximum absolute atomic E-state index is 5.36. The van der Waals surface area contributed by atoms with Crippen molar-refractivity contribution in [1.82, 2.24) is 20.0 Å². The molecule has 0 spiro atoms. The van der Waals surface area contributed by atoms with Gasteiger partial charge in [-0.2, -0.15) is 0 Å². The second-order valence-electron chi connectivity index (χ2n) is 4.59. The van der Waals surface area contributed by atoms with Gasteiger partial charge in [0, 0.05) is 40.3 Å². The van der Waals surface area contributed by atoms with E-state index in [-0.39, 0.29) is 0 Å². The molecule has 0 unspecified atom stereocenters. The lowest BCUT2D eigenvalue weighted by Crippen LogP contribution is -2.55. The number of nitrogens with zero attached hydrogens (tertiary/aromatic N) is 4. The van der Waals surface area contributed by atoms with Gasteiger partial charge in [0.2, 0.25) is 0 Å². The summed E-state index contributed by atoms with van der Waals surface area (Å²) in [4.78, 5) is 0. The number of hydrogen-bond donors (Lipinski definition) is 0. The Morgan fingerprint density at radius 1 is 0.765 bits per heavy atom. The number of morpholine rings is 2. The molecule has 0 atom stereocenters. The number of hydrogen-bond acceptors (Lipinski definition) is 6. The summed E-state index contributed by atoms with van der Waals surface area (Å²) < 4.78 is 10.7. The first-order valence-electron chi connectivity index (χ1n) is 6.35. The van der Waals surface area contributed by atoms with E-state index in [2.05, 4.69) is 34.1 Å². The molecule has 17 heavy (non-hydrogen) atoms. The third kappa shape index (κ3) is 3.87. The predicted octanol–water partition coefficient (Wildman–Crippen LogP) is -0.698. The molecule has 0 N–H and O–H groups in total. The Balaban J connectivity index is 1.74. The first-order chi connectivity index (χ1) is 8.27. The van der Waals surface area contributed by atoms with E-state index in [0.29, 0.717) is 0 Å². The Kier molecular flexibility index (Phi) is 5.15. The molecule has 6 nitrogen and oxygen atoms in total. The van der Waals surface area contributed by atoms with Crippen molar-refractivity contribution < 1.29 is 9.47 Å². The molecular weight excluding hydrogens is 220 g/mol.